The van der Waals surface area contributed by atoms with Gasteiger partial charge in [-0.15, -0.1) is 0 Å². The third-order valence-corrected chi connectivity index (χ3v) is 3.15. The van der Waals surface area contributed by atoms with Gasteiger partial charge in [0.25, 0.3) is 0 Å². The molecule has 0 aliphatic carbocycles. The van der Waals surface area contributed by atoms with E-state index in [1.807, 2.05) is 0 Å². The Hall–Kier alpha value is -1.81. The molecule has 104 valence electrons. The molecule has 0 radical (unpaired) electrons. The smallest absolute Gasteiger partial charge is 0.159 e. The Morgan fingerprint density at radius 3 is 2.40 bits per heavy atom. The summed E-state index contributed by atoms with van der Waals surface area (Å²) in [6, 6.07) is 7.03. The van der Waals surface area contributed by atoms with Gasteiger partial charge in [-0.2, -0.15) is 0 Å². The Kier molecular flexibility index (Phi) is 4.45. The molecule has 0 aliphatic heterocycles. The van der Waals surface area contributed by atoms with Crippen LogP contribution in [0.2, 0.25) is 5.02 Å². The van der Waals surface area contributed by atoms with Crippen molar-refractivity contribution >= 4 is 17.4 Å². The fourth-order valence-electron chi connectivity index (χ4n) is 1.83. The number of benzene rings is 2. The lowest BCUT2D eigenvalue weighted by molar-refractivity contribution is -0.117. The van der Waals surface area contributed by atoms with Gasteiger partial charge in [0, 0.05) is 17.9 Å². The molecule has 0 saturated heterocycles. The van der Waals surface area contributed by atoms with Crippen molar-refractivity contribution in [2.45, 2.75) is 12.8 Å². The summed E-state index contributed by atoms with van der Waals surface area (Å²) in [6.07, 6.45) is -0.125. The van der Waals surface area contributed by atoms with Crippen molar-refractivity contribution in [1.82, 2.24) is 0 Å². The summed E-state index contributed by atoms with van der Waals surface area (Å²) in [5.74, 6) is -2.71. The highest BCUT2D eigenvalue weighted by Crippen LogP contribution is 2.18. The molecule has 0 unspecified atom stereocenters. The summed E-state index contributed by atoms with van der Waals surface area (Å²) >= 11 is 5.86. The highest BCUT2D eigenvalue weighted by atomic mass is 35.5. The van der Waals surface area contributed by atoms with Gasteiger partial charge in [0.15, 0.2) is 11.6 Å². The van der Waals surface area contributed by atoms with Crippen LogP contribution >= 0.6 is 11.6 Å². The average molecular weight is 299 g/mol. The van der Waals surface area contributed by atoms with Crippen molar-refractivity contribution in [3.63, 3.8) is 0 Å². The van der Waals surface area contributed by atoms with Gasteiger partial charge in [0.05, 0.1) is 0 Å². The zero-order valence-corrected chi connectivity index (χ0v) is 11.1. The fourth-order valence-corrected chi connectivity index (χ4v) is 2.02. The second-order valence-electron chi connectivity index (χ2n) is 4.38. The van der Waals surface area contributed by atoms with Crippen molar-refractivity contribution in [2.24, 2.45) is 0 Å². The van der Waals surface area contributed by atoms with Crippen molar-refractivity contribution in [2.75, 3.05) is 0 Å². The van der Waals surface area contributed by atoms with Crippen LogP contribution in [-0.2, 0) is 17.6 Å². The van der Waals surface area contributed by atoms with Gasteiger partial charge in [0.1, 0.15) is 11.6 Å². The predicted octanol–water partition coefficient (Wildman–Crippen LogP) is 4.11. The SMILES string of the molecule is O=C(Cc1ccc(F)c(F)c1)Cc1cc(F)ccc1Cl. The fraction of sp³-hybridized carbons (Fsp3) is 0.133. The van der Waals surface area contributed by atoms with Crippen LogP contribution in [-0.4, -0.2) is 5.78 Å². The maximum Gasteiger partial charge on any atom is 0.159 e. The van der Waals surface area contributed by atoms with E-state index < -0.39 is 17.5 Å². The lowest BCUT2D eigenvalue weighted by Gasteiger charge is -2.05. The Morgan fingerprint density at radius 1 is 0.950 bits per heavy atom. The average Bonchev–Trinajstić information content (AvgIpc) is 2.38. The van der Waals surface area contributed by atoms with E-state index in [4.69, 9.17) is 11.6 Å². The van der Waals surface area contributed by atoms with Gasteiger partial charge in [-0.25, -0.2) is 13.2 Å². The number of carbonyl (C=O) groups is 1. The molecule has 0 spiro atoms. The second kappa shape index (κ2) is 6.09. The first-order valence-corrected chi connectivity index (χ1v) is 6.23. The lowest BCUT2D eigenvalue weighted by atomic mass is 10.0. The molecule has 1 nitrogen and oxygen atoms in total. The maximum absolute atomic E-state index is 13.1. The summed E-state index contributed by atoms with van der Waals surface area (Å²) in [6.45, 7) is 0. The van der Waals surface area contributed by atoms with E-state index in [1.165, 1.54) is 24.3 Å². The van der Waals surface area contributed by atoms with Crippen LogP contribution in [0.15, 0.2) is 36.4 Å². The number of carbonyl (C=O) groups excluding carboxylic acids is 1. The molecule has 2 aromatic carbocycles. The van der Waals surface area contributed by atoms with Gasteiger partial charge in [0.2, 0.25) is 0 Å². The van der Waals surface area contributed by atoms with Gasteiger partial charge >= 0.3 is 0 Å². The first-order valence-electron chi connectivity index (χ1n) is 5.85. The van der Waals surface area contributed by atoms with Crippen LogP contribution in [0, 0.1) is 17.5 Å². The number of ketones is 1. The lowest BCUT2D eigenvalue weighted by Crippen LogP contribution is -2.07. The van der Waals surface area contributed by atoms with Crippen molar-refractivity contribution < 1.29 is 18.0 Å². The highest BCUT2D eigenvalue weighted by Gasteiger charge is 2.11. The van der Waals surface area contributed by atoms with Crippen LogP contribution in [0.4, 0.5) is 13.2 Å². The number of halogens is 4. The number of rotatable bonds is 4. The van der Waals surface area contributed by atoms with Crippen LogP contribution in [0.3, 0.4) is 0 Å². The van der Waals surface area contributed by atoms with E-state index in [-0.39, 0.29) is 18.6 Å². The normalized spacial score (nSPS) is 10.6. The molecule has 5 heteroatoms. The van der Waals surface area contributed by atoms with E-state index in [0.717, 1.165) is 12.1 Å². The molecular weight excluding hydrogens is 289 g/mol. The Balaban J connectivity index is 2.09. The number of hydrogen-bond donors (Lipinski definition) is 0. The molecule has 0 fully saturated rings. The first kappa shape index (κ1) is 14.6. The molecular formula is C15H10ClF3O. The van der Waals surface area contributed by atoms with E-state index in [0.29, 0.717) is 16.1 Å². The van der Waals surface area contributed by atoms with Crippen LogP contribution in [0.25, 0.3) is 0 Å². The molecule has 0 N–H and O–H groups in total. The summed E-state index contributed by atoms with van der Waals surface area (Å²) in [5, 5.41) is 0.296. The van der Waals surface area contributed by atoms with Crippen molar-refractivity contribution in [3.05, 3.63) is 70.0 Å². The van der Waals surface area contributed by atoms with E-state index in [9.17, 15) is 18.0 Å². The zero-order valence-electron chi connectivity index (χ0n) is 10.3. The minimum absolute atomic E-state index is 0.0599. The van der Waals surface area contributed by atoms with E-state index >= 15 is 0 Å². The molecule has 0 atom stereocenters. The number of hydrogen-bond acceptors (Lipinski definition) is 1. The Bertz CT molecular complexity index is 656. The first-order chi connectivity index (χ1) is 9.45. The van der Waals surface area contributed by atoms with Gasteiger partial charge in [-0.3, -0.25) is 4.79 Å². The van der Waals surface area contributed by atoms with E-state index in [1.54, 1.807) is 0 Å². The molecule has 0 aliphatic rings. The molecule has 0 heterocycles. The molecule has 2 aromatic rings. The quantitative estimate of drug-likeness (QED) is 0.830. The molecule has 20 heavy (non-hydrogen) atoms. The van der Waals surface area contributed by atoms with Crippen LogP contribution < -0.4 is 0 Å². The Labute approximate surface area is 119 Å². The summed E-state index contributed by atoms with van der Waals surface area (Å²) in [7, 11) is 0. The van der Waals surface area contributed by atoms with Crippen molar-refractivity contribution in [3.8, 4) is 0 Å². The molecule has 0 saturated carbocycles. The van der Waals surface area contributed by atoms with Crippen LogP contribution in [0.1, 0.15) is 11.1 Å². The summed E-state index contributed by atoms with van der Waals surface area (Å²) in [4.78, 5) is 11.8. The molecule has 0 amide bonds. The minimum atomic E-state index is -1.00. The summed E-state index contributed by atoms with van der Waals surface area (Å²) < 4.78 is 38.8. The Morgan fingerprint density at radius 2 is 1.70 bits per heavy atom. The third-order valence-electron chi connectivity index (χ3n) is 2.78. The van der Waals surface area contributed by atoms with Gasteiger partial charge < -0.3 is 0 Å². The monoisotopic (exact) mass is 298 g/mol. The third kappa shape index (κ3) is 3.61. The largest absolute Gasteiger partial charge is 0.299 e. The summed E-state index contributed by atoms with van der Waals surface area (Å²) in [5.41, 5.74) is 0.737. The predicted molar refractivity (Wildman–Crippen MR) is 70.2 cm³/mol. The van der Waals surface area contributed by atoms with Crippen molar-refractivity contribution in [1.29, 1.82) is 0 Å². The topological polar surface area (TPSA) is 17.1 Å². The zero-order chi connectivity index (χ0) is 14.7. The van der Waals surface area contributed by atoms with Crippen LogP contribution in [0.5, 0.6) is 0 Å². The number of Topliss-reactive ketones (excluding diaryl/α,β-unsaturated/α-hetero) is 1. The molecule has 0 bridgehead atoms. The molecule has 2 rings (SSSR count). The standard InChI is InChI=1S/C15H10ClF3O/c16-13-3-2-11(17)7-10(13)8-12(20)5-9-1-4-14(18)15(19)6-9/h1-4,6-7H,5,8H2. The highest BCUT2D eigenvalue weighted by molar-refractivity contribution is 6.31. The van der Waals surface area contributed by atoms with Gasteiger partial charge in [-0.05, 0) is 41.5 Å². The van der Waals surface area contributed by atoms with Gasteiger partial charge in [-0.1, -0.05) is 17.7 Å². The second-order valence-corrected chi connectivity index (χ2v) is 4.78. The minimum Gasteiger partial charge on any atom is -0.299 e. The maximum atomic E-state index is 13.1. The van der Waals surface area contributed by atoms with E-state index in [2.05, 4.69) is 0 Å². The molecule has 0 aromatic heterocycles.